The molecule has 0 N–H and O–H groups in total. The third-order valence-corrected chi connectivity index (χ3v) is 5.73. The first-order valence-corrected chi connectivity index (χ1v) is 10.9. The van der Waals surface area contributed by atoms with Crippen molar-refractivity contribution in [3.63, 3.8) is 0 Å². The van der Waals surface area contributed by atoms with Gasteiger partial charge in [-0.3, -0.25) is 4.98 Å². The van der Waals surface area contributed by atoms with Crippen molar-refractivity contribution in [2.75, 3.05) is 13.7 Å². The van der Waals surface area contributed by atoms with E-state index in [0.29, 0.717) is 12.0 Å². The van der Waals surface area contributed by atoms with Gasteiger partial charge in [0.15, 0.2) is 0 Å². The number of methoxy groups -OCH3 is 1. The highest BCUT2D eigenvalue weighted by Gasteiger charge is 2.19. The van der Waals surface area contributed by atoms with E-state index in [9.17, 15) is 0 Å². The molecule has 0 aliphatic rings. The quantitative estimate of drug-likeness (QED) is 0.445. The minimum absolute atomic E-state index is 0.339. The topological polar surface area (TPSA) is 39.9 Å². The average molecular weight is 394 g/mol. The molecule has 1 atom stereocenters. The second kappa shape index (κ2) is 9.08. The van der Waals surface area contributed by atoms with Gasteiger partial charge in [0.25, 0.3) is 0 Å². The van der Waals surface area contributed by atoms with Gasteiger partial charge in [-0.15, -0.1) is 0 Å². The molecule has 3 aromatic rings. The van der Waals surface area contributed by atoms with E-state index in [1.165, 1.54) is 16.6 Å². The van der Waals surface area contributed by atoms with E-state index in [4.69, 9.17) is 14.7 Å². The molecule has 3 rings (SSSR count). The number of nitrogens with zero attached hydrogens (tertiary/aromatic N) is 3. The molecule has 0 saturated heterocycles. The van der Waals surface area contributed by atoms with Crippen LogP contribution in [0.15, 0.2) is 24.4 Å². The lowest BCUT2D eigenvalue weighted by atomic mass is 10.0. The van der Waals surface area contributed by atoms with Crippen LogP contribution in [-0.2, 0) is 11.2 Å². The first-order valence-electron chi connectivity index (χ1n) is 10.9. The van der Waals surface area contributed by atoms with Crippen molar-refractivity contribution in [3.8, 4) is 11.3 Å². The molecule has 0 fully saturated rings. The lowest BCUT2D eigenvalue weighted by Crippen LogP contribution is -2.13. The average Bonchev–Trinajstić information content (AvgIpc) is 3.02. The fourth-order valence-corrected chi connectivity index (χ4v) is 4.15. The van der Waals surface area contributed by atoms with Gasteiger partial charge >= 0.3 is 0 Å². The maximum Gasteiger partial charge on any atom is 0.0917 e. The molecule has 0 saturated carbocycles. The SMILES string of the molecule is CCC[C@H](COC)n1cc(C)c2nc(-c3ccc(C(C)C)nc3CC)c(C)cc21. The molecule has 0 amide bonds. The molecule has 4 heteroatoms. The summed E-state index contributed by atoms with van der Waals surface area (Å²) in [5.41, 5.74) is 9.17. The molecule has 0 radical (unpaired) electrons. The summed E-state index contributed by atoms with van der Waals surface area (Å²) in [6.45, 7) is 13.8. The fourth-order valence-electron chi connectivity index (χ4n) is 4.15. The van der Waals surface area contributed by atoms with Gasteiger partial charge in [-0.25, -0.2) is 4.98 Å². The maximum absolute atomic E-state index is 5.50. The zero-order valence-electron chi connectivity index (χ0n) is 19.0. The minimum Gasteiger partial charge on any atom is -0.383 e. The summed E-state index contributed by atoms with van der Waals surface area (Å²) < 4.78 is 7.87. The number of ether oxygens (including phenoxy) is 1. The van der Waals surface area contributed by atoms with E-state index in [1.807, 2.05) is 0 Å². The molecular weight excluding hydrogens is 358 g/mol. The normalized spacial score (nSPS) is 12.8. The Balaban J connectivity index is 2.15. The Morgan fingerprint density at radius 3 is 2.45 bits per heavy atom. The van der Waals surface area contributed by atoms with Crippen molar-refractivity contribution in [2.24, 2.45) is 0 Å². The molecule has 29 heavy (non-hydrogen) atoms. The third kappa shape index (κ3) is 4.23. The van der Waals surface area contributed by atoms with Gasteiger partial charge < -0.3 is 9.30 Å². The van der Waals surface area contributed by atoms with Crippen LogP contribution in [0.25, 0.3) is 22.3 Å². The first kappa shape index (κ1) is 21.5. The van der Waals surface area contributed by atoms with Crippen LogP contribution in [0.3, 0.4) is 0 Å². The molecule has 0 aliphatic heterocycles. The number of rotatable bonds is 8. The Hall–Kier alpha value is -2.20. The molecular formula is C25H35N3O. The van der Waals surface area contributed by atoms with Crippen LogP contribution in [-0.4, -0.2) is 28.3 Å². The van der Waals surface area contributed by atoms with Crippen LogP contribution in [0.4, 0.5) is 0 Å². The Kier molecular flexibility index (Phi) is 6.74. The summed E-state index contributed by atoms with van der Waals surface area (Å²) >= 11 is 0. The molecule has 0 aromatic carbocycles. The van der Waals surface area contributed by atoms with Gasteiger partial charge in [0.1, 0.15) is 0 Å². The van der Waals surface area contributed by atoms with Gasteiger partial charge in [-0.1, -0.05) is 34.1 Å². The zero-order valence-corrected chi connectivity index (χ0v) is 19.0. The summed E-state index contributed by atoms with van der Waals surface area (Å²) in [5, 5.41) is 0. The Morgan fingerprint density at radius 1 is 1.07 bits per heavy atom. The van der Waals surface area contributed by atoms with Gasteiger partial charge in [0.2, 0.25) is 0 Å². The maximum atomic E-state index is 5.50. The number of aromatic nitrogens is 3. The van der Waals surface area contributed by atoms with Gasteiger partial charge in [-0.05, 0) is 61.9 Å². The van der Waals surface area contributed by atoms with Crippen LogP contribution in [0.1, 0.15) is 75.0 Å². The predicted molar refractivity (Wildman–Crippen MR) is 122 cm³/mol. The molecule has 156 valence electrons. The second-order valence-electron chi connectivity index (χ2n) is 8.38. The standard InChI is InChI=1S/C25H35N3O/c1-8-10-19(15-29-7)28-14-18(6)25-23(28)13-17(5)24(27-25)20-11-12-22(16(3)4)26-21(20)9-2/h11-14,16,19H,8-10,15H2,1-7H3/t19-/m1/s1. The summed E-state index contributed by atoms with van der Waals surface area (Å²) in [5.74, 6) is 0.429. The van der Waals surface area contributed by atoms with Gasteiger partial charge in [-0.2, -0.15) is 0 Å². The Bertz CT molecular complexity index is 981. The minimum atomic E-state index is 0.339. The van der Waals surface area contributed by atoms with Crippen molar-refractivity contribution >= 4 is 11.0 Å². The second-order valence-corrected chi connectivity index (χ2v) is 8.38. The monoisotopic (exact) mass is 393 g/mol. The highest BCUT2D eigenvalue weighted by molar-refractivity contribution is 5.84. The van der Waals surface area contributed by atoms with Crippen LogP contribution in [0.2, 0.25) is 0 Å². The molecule has 0 spiro atoms. The van der Waals surface area contributed by atoms with Crippen molar-refractivity contribution in [1.82, 2.24) is 14.5 Å². The van der Waals surface area contributed by atoms with E-state index >= 15 is 0 Å². The highest BCUT2D eigenvalue weighted by Crippen LogP contribution is 2.32. The summed E-state index contributed by atoms with van der Waals surface area (Å²) in [7, 11) is 1.78. The van der Waals surface area contributed by atoms with E-state index in [-0.39, 0.29) is 0 Å². The van der Waals surface area contributed by atoms with Crippen molar-refractivity contribution < 1.29 is 4.74 Å². The molecule has 3 aromatic heterocycles. The van der Waals surface area contributed by atoms with Crippen molar-refractivity contribution in [2.45, 2.75) is 72.8 Å². The molecule has 0 unspecified atom stereocenters. The largest absolute Gasteiger partial charge is 0.383 e. The summed E-state index contributed by atoms with van der Waals surface area (Å²) in [6.07, 6.45) is 5.37. The third-order valence-electron chi connectivity index (χ3n) is 5.73. The lowest BCUT2D eigenvalue weighted by Gasteiger charge is -2.19. The number of aryl methyl sites for hydroxylation is 3. The number of pyridine rings is 2. The summed E-state index contributed by atoms with van der Waals surface area (Å²) in [4.78, 5) is 10.1. The van der Waals surface area contributed by atoms with Gasteiger partial charge in [0.05, 0.1) is 29.4 Å². The fraction of sp³-hybridized carbons (Fsp3) is 0.520. The molecule has 4 nitrogen and oxygen atoms in total. The first-order chi connectivity index (χ1) is 13.9. The molecule has 3 heterocycles. The number of fused-ring (bicyclic) bond motifs is 1. The number of hydrogen-bond donors (Lipinski definition) is 0. The van der Waals surface area contributed by atoms with Crippen LogP contribution in [0, 0.1) is 13.8 Å². The van der Waals surface area contributed by atoms with Crippen LogP contribution in [0.5, 0.6) is 0 Å². The van der Waals surface area contributed by atoms with Gasteiger partial charge in [0, 0.05) is 30.3 Å². The van der Waals surface area contributed by atoms with Crippen LogP contribution >= 0.6 is 0 Å². The van der Waals surface area contributed by atoms with Crippen LogP contribution < -0.4 is 0 Å². The van der Waals surface area contributed by atoms with E-state index in [1.54, 1.807) is 7.11 Å². The van der Waals surface area contributed by atoms with E-state index < -0.39 is 0 Å². The summed E-state index contributed by atoms with van der Waals surface area (Å²) in [6, 6.07) is 6.99. The molecule has 0 aliphatic carbocycles. The predicted octanol–water partition coefficient (Wildman–Crippen LogP) is 6.39. The Morgan fingerprint density at radius 2 is 1.83 bits per heavy atom. The Labute approximate surface area is 175 Å². The number of hydrogen-bond acceptors (Lipinski definition) is 3. The highest BCUT2D eigenvalue weighted by atomic mass is 16.5. The van der Waals surface area contributed by atoms with E-state index in [2.05, 4.69) is 70.5 Å². The van der Waals surface area contributed by atoms with Crippen molar-refractivity contribution in [3.05, 3.63) is 46.9 Å². The smallest absolute Gasteiger partial charge is 0.0917 e. The lowest BCUT2D eigenvalue weighted by molar-refractivity contribution is 0.152. The molecule has 0 bridgehead atoms. The van der Waals surface area contributed by atoms with Crippen molar-refractivity contribution in [1.29, 1.82) is 0 Å². The van der Waals surface area contributed by atoms with E-state index in [0.717, 1.165) is 54.0 Å². The zero-order chi connectivity index (χ0) is 21.1.